The summed E-state index contributed by atoms with van der Waals surface area (Å²) in [6, 6.07) is 11.3. The van der Waals surface area contributed by atoms with Gasteiger partial charge in [0, 0.05) is 30.3 Å². The third-order valence-corrected chi connectivity index (χ3v) is 6.05. The van der Waals surface area contributed by atoms with E-state index >= 15 is 0 Å². The van der Waals surface area contributed by atoms with Gasteiger partial charge in [-0.2, -0.15) is 0 Å². The molecule has 0 radical (unpaired) electrons. The number of pyridine rings is 1. The summed E-state index contributed by atoms with van der Waals surface area (Å²) in [4.78, 5) is 6.57. The average Bonchev–Trinajstić information content (AvgIpc) is 3.16. The van der Waals surface area contributed by atoms with E-state index in [1.165, 1.54) is 61.3 Å². The number of aromatic nitrogens is 1. The number of hydrogen-bond donors (Lipinski definition) is 1. The van der Waals surface area contributed by atoms with Gasteiger partial charge in [-0.25, -0.2) is 0 Å². The Bertz CT molecular complexity index is 775. The van der Waals surface area contributed by atoms with Crippen molar-refractivity contribution in [1.82, 2.24) is 10.3 Å². The maximum absolute atomic E-state index is 4.15. The van der Waals surface area contributed by atoms with E-state index in [4.69, 9.17) is 0 Å². The Morgan fingerprint density at radius 1 is 1.19 bits per heavy atom. The predicted molar refractivity (Wildman–Crippen MR) is 114 cm³/mol. The summed E-state index contributed by atoms with van der Waals surface area (Å²) in [5, 5.41) is 3.48. The second-order valence-corrected chi connectivity index (χ2v) is 7.82. The van der Waals surface area contributed by atoms with Gasteiger partial charge in [0.1, 0.15) is 0 Å². The van der Waals surface area contributed by atoms with Crippen LogP contribution in [0.1, 0.15) is 50.2 Å². The Kier molecular flexibility index (Phi) is 5.88. The van der Waals surface area contributed by atoms with Crippen molar-refractivity contribution in [2.24, 2.45) is 5.92 Å². The lowest BCUT2D eigenvalue weighted by Crippen LogP contribution is -2.27. The van der Waals surface area contributed by atoms with E-state index in [0.29, 0.717) is 0 Å². The normalized spacial score (nSPS) is 18.0. The van der Waals surface area contributed by atoms with E-state index in [9.17, 15) is 0 Å². The summed E-state index contributed by atoms with van der Waals surface area (Å²) >= 11 is 0. The number of benzene rings is 1. The first-order chi connectivity index (χ1) is 13.3. The highest BCUT2D eigenvalue weighted by Crippen LogP contribution is 2.37. The molecular weight excluding hydrogens is 330 g/mol. The molecule has 0 unspecified atom stereocenters. The van der Waals surface area contributed by atoms with Gasteiger partial charge in [-0.05, 0) is 98.5 Å². The lowest BCUT2D eigenvalue weighted by molar-refractivity contribution is 0.357. The number of nitrogens with zero attached hydrogens (tertiary/aromatic N) is 2. The van der Waals surface area contributed by atoms with Crippen LogP contribution in [0.4, 0.5) is 11.4 Å². The molecule has 0 spiro atoms. The van der Waals surface area contributed by atoms with E-state index in [-0.39, 0.29) is 0 Å². The zero-order valence-corrected chi connectivity index (χ0v) is 16.5. The van der Waals surface area contributed by atoms with Gasteiger partial charge in [-0.15, -0.1) is 0 Å². The van der Waals surface area contributed by atoms with Crippen LogP contribution in [-0.4, -0.2) is 24.6 Å². The number of piperidine rings is 1. The molecule has 1 saturated heterocycles. The number of hydrogen-bond acceptors (Lipinski definition) is 3. The van der Waals surface area contributed by atoms with E-state index in [0.717, 1.165) is 25.3 Å². The maximum Gasteiger partial charge on any atom is 0.0444 e. The first-order valence-electron chi connectivity index (χ1n) is 10.6. The Balaban J connectivity index is 1.50. The molecule has 1 aromatic heterocycles. The smallest absolute Gasteiger partial charge is 0.0444 e. The minimum absolute atomic E-state index is 0.892. The quantitative estimate of drug-likeness (QED) is 0.752. The van der Waals surface area contributed by atoms with Crippen molar-refractivity contribution in [3.05, 3.63) is 59.9 Å². The standard InChI is InChI=1S/C24H31N3/c1-2-3-20(5-4-19-8-13-25-14-9-19)21-6-7-24-22(18-21)12-17-27(24)23-10-15-26-16-11-23/h3,6-7,10-11,15-16,18-19,25H,2,4-5,8-9,12-14,17H2,1H3/b20-3-. The summed E-state index contributed by atoms with van der Waals surface area (Å²) in [5.41, 5.74) is 7.06. The summed E-state index contributed by atoms with van der Waals surface area (Å²) < 4.78 is 0. The van der Waals surface area contributed by atoms with Crippen LogP contribution in [0.2, 0.25) is 0 Å². The third-order valence-electron chi connectivity index (χ3n) is 6.05. The van der Waals surface area contributed by atoms with E-state index in [1.807, 2.05) is 12.4 Å². The zero-order chi connectivity index (χ0) is 18.5. The fourth-order valence-corrected chi connectivity index (χ4v) is 4.53. The molecule has 3 heteroatoms. The van der Waals surface area contributed by atoms with Gasteiger partial charge in [0.05, 0.1) is 0 Å². The lowest BCUT2D eigenvalue weighted by atomic mass is 9.89. The van der Waals surface area contributed by atoms with Crippen molar-refractivity contribution in [2.45, 2.75) is 45.4 Å². The molecule has 4 rings (SSSR count). The summed E-state index contributed by atoms with van der Waals surface area (Å²) in [6.07, 6.45) is 13.7. The van der Waals surface area contributed by atoms with Gasteiger partial charge in [0.2, 0.25) is 0 Å². The zero-order valence-electron chi connectivity index (χ0n) is 16.5. The van der Waals surface area contributed by atoms with E-state index in [2.05, 4.69) is 58.5 Å². The van der Waals surface area contributed by atoms with Crippen LogP contribution in [0.5, 0.6) is 0 Å². The Hall–Kier alpha value is -2.13. The minimum Gasteiger partial charge on any atom is -0.341 e. The lowest BCUT2D eigenvalue weighted by Gasteiger charge is -2.23. The van der Waals surface area contributed by atoms with Crippen LogP contribution in [0.3, 0.4) is 0 Å². The van der Waals surface area contributed by atoms with Crippen LogP contribution in [-0.2, 0) is 6.42 Å². The predicted octanol–water partition coefficient (Wildman–Crippen LogP) is 5.35. The van der Waals surface area contributed by atoms with Gasteiger partial charge in [-0.1, -0.05) is 19.1 Å². The molecular formula is C24H31N3. The molecule has 0 atom stereocenters. The number of allylic oxidation sites excluding steroid dienone is 2. The fraction of sp³-hybridized carbons (Fsp3) is 0.458. The largest absolute Gasteiger partial charge is 0.341 e. The molecule has 27 heavy (non-hydrogen) atoms. The van der Waals surface area contributed by atoms with Crippen molar-refractivity contribution in [2.75, 3.05) is 24.5 Å². The maximum atomic E-state index is 4.15. The van der Waals surface area contributed by atoms with Crippen molar-refractivity contribution >= 4 is 16.9 Å². The molecule has 3 heterocycles. The number of rotatable bonds is 6. The Labute approximate surface area is 163 Å². The molecule has 142 valence electrons. The van der Waals surface area contributed by atoms with E-state index in [1.54, 1.807) is 5.57 Å². The molecule has 0 saturated carbocycles. The third kappa shape index (κ3) is 4.24. The van der Waals surface area contributed by atoms with Crippen molar-refractivity contribution in [3.63, 3.8) is 0 Å². The first-order valence-corrected chi connectivity index (χ1v) is 10.6. The van der Waals surface area contributed by atoms with Gasteiger partial charge >= 0.3 is 0 Å². The fourth-order valence-electron chi connectivity index (χ4n) is 4.53. The molecule has 0 amide bonds. The Morgan fingerprint density at radius 2 is 2.00 bits per heavy atom. The second-order valence-electron chi connectivity index (χ2n) is 7.82. The summed E-state index contributed by atoms with van der Waals surface area (Å²) in [5.74, 6) is 0.892. The molecule has 1 N–H and O–H groups in total. The molecule has 1 fully saturated rings. The van der Waals surface area contributed by atoms with Crippen molar-refractivity contribution in [1.29, 1.82) is 0 Å². The number of anilines is 2. The van der Waals surface area contributed by atoms with Crippen LogP contribution in [0.15, 0.2) is 48.8 Å². The van der Waals surface area contributed by atoms with Crippen LogP contribution in [0, 0.1) is 5.92 Å². The summed E-state index contributed by atoms with van der Waals surface area (Å²) in [7, 11) is 0. The number of nitrogens with one attached hydrogen (secondary N) is 1. The topological polar surface area (TPSA) is 28.2 Å². The molecule has 1 aromatic carbocycles. The minimum atomic E-state index is 0.892. The number of fused-ring (bicyclic) bond motifs is 1. The van der Waals surface area contributed by atoms with Crippen molar-refractivity contribution < 1.29 is 0 Å². The highest BCUT2D eigenvalue weighted by molar-refractivity contribution is 5.74. The Morgan fingerprint density at radius 3 is 2.78 bits per heavy atom. The summed E-state index contributed by atoms with van der Waals surface area (Å²) in [6.45, 7) is 5.70. The molecule has 2 aliphatic rings. The second kappa shape index (κ2) is 8.71. The molecule has 0 bridgehead atoms. The highest BCUT2D eigenvalue weighted by atomic mass is 15.2. The molecule has 2 aromatic rings. The van der Waals surface area contributed by atoms with Crippen LogP contribution < -0.4 is 10.2 Å². The van der Waals surface area contributed by atoms with E-state index < -0.39 is 0 Å². The first kappa shape index (κ1) is 18.2. The molecule has 2 aliphatic heterocycles. The molecule has 3 nitrogen and oxygen atoms in total. The average molecular weight is 362 g/mol. The highest BCUT2D eigenvalue weighted by Gasteiger charge is 2.21. The molecule has 0 aliphatic carbocycles. The van der Waals surface area contributed by atoms with Gasteiger partial charge in [-0.3, -0.25) is 4.98 Å². The van der Waals surface area contributed by atoms with Crippen molar-refractivity contribution in [3.8, 4) is 0 Å². The van der Waals surface area contributed by atoms with Crippen LogP contribution in [0.25, 0.3) is 5.57 Å². The monoisotopic (exact) mass is 361 g/mol. The van der Waals surface area contributed by atoms with Gasteiger partial charge in [0.15, 0.2) is 0 Å². The van der Waals surface area contributed by atoms with Crippen LogP contribution >= 0.6 is 0 Å². The van der Waals surface area contributed by atoms with Gasteiger partial charge < -0.3 is 10.2 Å². The van der Waals surface area contributed by atoms with Gasteiger partial charge in [0.25, 0.3) is 0 Å². The SMILES string of the molecule is CC/C=C(/CCC1CCNCC1)c1ccc2c(c1)CCN2c1ccncc1.